The van der Waals surface area contributed by atoms with Gasteiger partial charge in [0.2, 0.25) is 0 Å². The van der Waals surface area contributed by atoms with Gasteiger partial charge in [0.15, 0.2) is 11.6 Å². The van der Waals surface area contributed by atoms with Crippen LogP contribution in [0.3, 0.4) is 0 Å². The van der Waals surface area contributed by atoms with E-state index in [2.05, 4.69) is 15.2 Å². The molecule has 128 valence electrons. The van der Waals surface area contributed by atoms with Gasteiger partial charge >= 0.3 is 0 Å². The average Bonchev–Trinajstić information content (AvgIpc) is 3.22. The van der Waals surface area contributed by atoms with Crippen molar-refractivity contribution in [1.29, 1.82) is 0 Å². The number of aromatic nitrogens is 3. The fourth-order valence-corrected chi connectivity index (χ4v) is 4.85. The van der Waals surface area contributed by atoms with Crippen LogP contribution < -0.4 is 0 Å². The summed E-state index contributed by atoms with van der Waals surface area (Å²) in [4.78, 5) is 29.8. The van der Waals surface area contributed by atoms with Gasteiger partial charge in [-0.2, -0.15) is 0 Å². The minimum Gasteiger partial charge on any atom is -0.298 e. The molecule has 3 aromatic rings. The highest BCUT2D eigenvalue weighted by atomic mass is 32.2. The second-order valence-corrected chi connectivity index (χ2v) is 8.46. The van der Waals surface area contributed by atoms with E-state index in [4.69, 9.17) is 0 Å². The zero-order valence-electron chi connectivity index (χ0n) is 13.8. The summed E-state index contributed by atoms with van der Waals surface area (Å²) in [6.45, 7) is 4.77. The molecule has 0 saturated carbocycles. The van der Waals surface area contributed by atoms with Crippen LogP contribution in [-0.4, -0.2) is 32.0 Å². The summed E-state index contributed by atoms with van der Waals surface area (Å²) in [5.74, 6) is -0.357. The Kier molecular flexibility index (Phi) is 5.41. The highest BCUT2D eigenvalue weighted by Gasteiger charge is 2.22. The van der Waals surface area contributed by atoms with Gasteiger partial charge in [-0.15, -0.1) is 32.9 Å². The SMILES string of the molecule is CC(=O)C(Sc1ccc(-c2sc(-c3cccs3)nc2C)nn1)C(C)=O. The number of thiophene rings is 1. The van der Waals surface area contributed by atoms with Crippen LogP contribution in [-0.2, 0) is 9.59 Å². The summed E-state index contributed by atoms with van der Waals surface area (Å²) < 4.78 is 0. The Labute approximate surface area is 157 Å². The van der Waals surface area contributed by atoms with E-state index in [0.717, 1.165) is 37.9 Å². The Bertz CT molecular complexity index is 888. The van der Waals surface area contributed by atoms with Crippen molar-refractivity contribution in [2.45, 2.75) is 31.0 Å². The van der Waals surface area contributed by atoms with Gasteiger partial charge in [0, 0.05) is 0 Å². The van der Waals surface area contributed by atoms with E-state index in [9.17, 15) is 9.59 Å². The lowest BCUT2D eigenvalue weighted by Gasteiger charge is -2.08. The molecule has 3 heterocycles. The van der Waals surface area contributed by atoms with Gasteiger partial charge in [-0.3, -0.25) is 9.59 Å². The van der Waals surface area contributed by atoms with Crippen molar-refractivity contribution in [3.05, 3.63) is 35.3 Å². The molecule has 0 spiro atoms. The monoisotopic (exact) mass is 389 g/mol. The normalized spacial score (nSPS) is 11.0. The van der Waals surface area contributed by atoms with Gasteiger partial charge in [0.25, 0.3) is 0 Å². The molecule has 0 aliphatic carbocycles. The molecule has 0 fully saturated rings. The lowest BCUT2D eigenvalue weighted by atomic mass is 10.2. The largest absolute Gasteiger partial charge is 0.298 e. The number of nitrogens with zero attached hydrogens (tertiary/aromatic N) is 3. The van der Waals surface area contributed by atoms with Gasteiger partial charge < -0.3 is 0 Å². The number of rotatable bonds is 6. The maximum atomic E-state index is 11.5. The molecule has 0 saturated heterocycles. The predicted molar refractivity (Wildman–Crippen MR) is 102 cm³/mol. The van der Waals surface area contributed by atoms with Crippen LogP contribution >= 0.6 is 34.4 Å². The van der Waals surface area contributed by atoms with E-state index in [-0.39, 0.29) is 11.6 Å². The second-order valence-electron chi connectivity index (χ2n) is 5.39. The summed E-state index contributed by atoms with van der Waals surface area (Å²) in [7, 11) is 0. The smallest absolute Gasteiger partial charge is 0.150 e. The maximum absolute atomic E-state index is 11.5. The molecule has 0 aliphatic heterocycles. The van der Waals surface area contributed by atoms with E-state index in [1.807, 2.05) is 30.5 Å². The first-order valence-electron chi connectivity index (χ1n) is 7.48. The number of thioether (sulfide) groups is 1. The summed E-state index contributed by atoms with van der Waals surface area (Å²) in [5, 5.41) is 11.2. The predicted octanol–water partition coefficient (Wildman–Crippen LogP) is 4.28. The number of aryl methyl sites for hydroxylation is 1. The van der Waals surface area contributed by atoms with Crippen LogP contribution in [0.25, 0.3) is 20.5 Å². The molecule has 0 aromatic carbocycles. The van der Waals surface area contributed by atoms with E-state index in [0.29, 0.717) is 5.03 Å². The van der Waals surface area contributed by atoms with Gasteiger partial charge in [0.1, 0.15) is 21.0 Å². The first kappa shape index (κ1) is 17.9. The lowest BCUT2D eigenvalue weighted by molar-refractivity contribution is -0.123. The molecule has 0 N–H and O–H groups in total. The molecular formula is C17H15N3O2S3. The van der Waals surface area contributed by atoms with Crippen molar-refractivity contribution in [2.24, 2.45) is 0 Å². The van der Waals surface area contributed by atoms with Gasteiger partial charge in [-0.25, -0.2) is 4.98 Å². The summed E-state index contributed by atoms with van der Waals surface area (Å²) in [6, 6.07) is 7.69. The molecule has 0 radical (unpaired) electrons. The lowest BCUT2D eigenvalue weighted by Crippen LogP contribution is -2.22. The Balaban J connectivity index is 1.83. The van der Waals surface area contributed by atoms with Crippen LogP contribution in [0.1, 0.15) is 19.5 Å². The molecule has 8 heteroatoms. The van der Waals surface area contributed by atoms with Crippen molar-refractivity contribution in [3.63, 3.8) is 0 Å². The molecule has 25 heavy (non-hydrogen) atoms. The summed E-state index contributed by atoms with van der Waals surface area (Å²) in [5.41, 5.74) is 1.65. The van der Waals surface area contributed by atoms with Crippen molar-refractivity contribution < 1.29 is 9.59 Å². The molecule has 0 aliphatic rings. The van der Waals surface area contributed by atoms with Gasteiger partial charge in [-0.05, 0) is 44.4 Å². The molecular weight excluding hydrogens is 374 g/mol. The minimum atomic E-state index is -0.726. The third-order valence-electron chi connectivity index (χ3n) is 3.38. The topological polar surface area (TPSA) is 72.8 Å². The first-order valence-corrected chi connectivity index (χ1v) is 10.1. The highest BCUT2D eigenvalue weighted by Crippen LogP contribution is 2.36. The zero-order chi connectivity index (χ0) is 18.0. The van der Waals surface area contributed by atoms with Crippen LogP contribution in [0.4, 0.5) is 0 Å². The Morgan fingerprint density at radius 3 is 2.44 bits per heavy atom. The third kappa shape index (κ3) is 4.02. The highest BCUT2D eigenvalue weighted by molar-refractivity contribution is 8.01. The van der Waals surface area contributed by atoms with E-state index < -0.39 is 5.25 Å². The van der Waals surface area contributed by atoms with E-state index in [1.165, 1.54) is 13.8 Å². The van der Waals surface area contributed by atoms with E-state index >= 15 is 0 Å². The van der Waals surface area contributed by atoms with Crippen molar-refractivity contribution in [1.82, 2.24) is 15.2 Å². The first-order chi connectivity index (χ1) is 12.0. The van der Waals surface area contributed by atoms with Crippen LogP contribution in [0.5, 0.6) is 0 Å². The average molecular weight is 390 g/mol. The number of carbonyl (C=O) groups excluding carboxylic acids is 2. The molecule has 3 rings (SSSR count). The van der Waals surface area contributed by atoms with Crippen LogP contribution in [0.2, 0.25) is 0 Å². The quantitative estimate of drug-likeness (QED) is 0.463. The number of ketones is 2. The number of carbonyl (C=O) groups is 2. The number of Topliss-reactive ketones (excluding diaryl/α,β-unsaturated/α-hetero) is 2. The second kappa shape index (κ2) is 7.55. The Hall–Kier alpha value is -1.90. The molecule has 3 aromatic heterocycles. The van der Waals surface area contributed by atoms with Crippen LogP contribution in [0, 0.1) is 6.92 Å². The van der Waals surface area contributed by atoms with Crippen LogP contribution in [0.15, 0.2) is 34.7 Å². The molecule has 0 unspecified atom stereocenters. The number of thiazole rings is 1. The van der Waals surface area contributed by atoms with Gasteiger partial charge in [0.05, 0.1) is 15.4 Å². The Morgan fingerprint density at radius 2 is 1.88 bits per heavy atom. The van der Waals surface area contributed by atoms with E-state index in [1.54, 1.807) is 28.7 Å². The van der Waals surface area contributed by atoms with Crippen molar-refractivity contribution in [3.8, 4) is 20.5 Å². The maximum Gasteiger partial charge on any atom is 0.150 e. The molecule has 0 atom stereocenters. The summed E-state index contributed by atoms with van der Waals surface area (Å²) in [6.07, 6.45) is 0. The third-order valence-corrected chi connectivity index (χ3v) is 6.96. The van der Waals surface area contributed by atoms with Gasteiger partial charge in [-0.1, -0.05) is 17.8 Å². The standard InChI is InChI=1S/C17H15N3O2S3/c1-9-15(25-17(18-9)13-5-4-8-23-13)12-6-7-14(20-19-12)24-16(10(2)21)11(3)22/h4-8,16H,1-3H3. The Morgan fingerprint density at radius 1 is 1.12 bits per heavy atom. The number of hydrogen-bond donors (Lipinski definition) is 0. The fourth-order valence-electron chi connectivity index (χ4n) is 2.22. The molecule has 0 amide bonds. The minimum absolute atomic E-state index is 0.178. The zero-order valence-corrected chi connectivity index (χ0v) is 16.3. The van der Waals surface area contributed by atoms with Crippen molar-refractivity contribution in [2.75, 3.05) is 0 Å². The fraction of sp³-hybridized carbons (Fsp3) is 0.235. The van der Waals surface area contributed by atoms with Crippen molar-refractivity contribution >= 4 is 46.0 Å². The summed E-state index contributed by atoms with van der Waals surface area (Å²) >= 11 is 4.37. The number of hydrogen-bond acceptors (Lipinski definition) is 8. The molecule has 5 nitrogen and oxygen atoms in total. The molecule has 0 bridgehead atoms.